The van der Waals surface area contributed by atoms with E-state index in [-0.39, 0.29) is 12.6 Å². The molecule has 0 aliphatic heterocycles. The van der Waals surface area contributed by atoms with E-state index in [4.69, 9.17) is 10.8 Å². The van der Waals surface area contributed by atoms with Crippen molar-refractivity contribution < 1.29 is 5.11 Å². The van der Waals surface area contributed by atoms with Crippen LogP contribution in [-0.4, -0.2) is 21.5 Å². The van der Waals surface area contributed by atoms with E-state index in [1.807, 2.05) is 11.7 Å². The van der Waals surface area contributed by atoms with Crippen LogP contribution in [0.4, 0.5) is 0 Å². The molecule has 4 heteroatoms. The van der Waals surface area contributed by atoms with Gasteiger partial charge >= 0.3 is 0 Å². The Morgan fingerprint density at radius 3 is 2.93 bits per heavy atom. The summed E-state index contributed by atoms with van der Waals surface area (Å²) in [6.07, 6.45) is 5.26. The van der Waals surface area contributed by atoms with Gasteiger partial charge in [0, 0.05) is 19.7 Å². The van der Waals surface area contributed by atoms with Gasteiger partial charge in [0.2, 0.25) is 0 Å². The lowest BCUT2D eigenvalue weighted by molar-refractivity contribution is 0.274. The number of fused-ring (bicyclic) bond motifs is 1. The number of rotatable bonds is 3. The maximum absolute atomic E-state index is 8.92. The molecule has 84 valence electrons. The summed E-state index contributed by atoms with van der Waals surface area (Å²) in [5.41, 5.74) is 9.73. The Bertz CT molecular complexity index is 346. The Balaban J connectivity index is 2.32. The van der Waals surface area contributed by atoms with Gasteiger partial charge in [0.15, 0.2) is 0 Å². The highest BCUT2D eigenvalue weighted by molar-refractivity contribution is 5.30. The van der Waals surface area contributed by atoms with Crippen molar-refractivity contribution in [2.75, 3.05) is 6.61 Å². The van der Waals surface area contributed by atoms with Crippen LogP contribution in [0.25, 0.3) is 0 Å². The summed E-state index contributed by atoms with van der Waals surface area (Å²) in [4.78, 5) is 0. The fraction of sp³-hybridized carbons (Fsp3) is 0.727. The normalized spacial score (nSPS) is 17.5. The van der Waals surface area contributed by atoms with Crippen molar-refractivity contribution >= 4 is 0 Å². The lowest BCUT2D eigenvalue weighted by Gasteiger charge is -2.15. The molecular formula is C11H19N3O. The van der Waals surface area contributed by atoms with Crippen LogP contribution in [0.2, 0.25) is 0 Å². The van der Waals surface area contributed by atoms with Gasteiger partial charge in [-0.05, 0) is 37.7 Å². The molecule has 0 radical (unpaired) electrons. The highest BCUT2D eigenvalue weighted by atomic mass is 16.3. The summed E-state index contributed by atoms with van der Waals surface area (Å²) in [7, 11) is 1.95. The molecule has 1 aromatic rings. The summed E-state index contributed by atoms with van der Waals surface area (Å²) in [6, 6.07) is -0.0747. The van der Waals surface area contributed by atoms with Crippen molar-refractivity contribution in [1.29, 1.82) is 0 Å². The molecule has 1 aromatic heterocycles. The van der Waals surface area contributed by atoms with Crippen molar-refractivity contribution in [2.45, 2.75) is 38.1 Å². The first kappa shape index (κ1) is 10.6. The van der Waals surface area contributed by atoms with Gasteiger partial charge in [-0.3, -0.25) is 4.68 Å². The lowest BCUT2D eigenvalue weighted by Crippen LogP contribution is -2.18. The minimum Gasteiger partial charge on any atom is -0.396 e. The molecule has 3 N–H and O–H groups in total. The highest BCUT2D eigenvalue weighted by Crippen LogP contribution is 2.27. The van der Waals surface area contributed by atoms with Crippen LogP contribution in [0, 0.1) is 0 Å². The van der Waals surface area contributed by atoms with Crippen LogP contribution >= 0.6 is 0 Å². The van der Waals surface area contributed by atoms with Crippen LogP contribution in [0.15, 0.2) is 0 Å². The van der Waals surface area contributed by atoms with Gasteiger partial charge in [0.05, 0.1) is 11.4 Å². The molecule has 0 fully saturated rings. The summed E-state index contributed by atoms with van der Waals surface area (Å²) in [5, 5.41) is 13.4. The summed E-state index contributed by atoms with van der Waals surface area (Å²) < 4.78 is 1.90. The number of aromatic nitrogens is 2. The molecule has 0 saturated carbocycles. The largest absolute Gasteiger partial charge is 0.396 e. The molecule has 0 aromatic carbocycles. The number of hydrogen-bond acceptors (Lipinski definition) is 3. The molecule has 1 aliphatic rings. The molecule has 15 heavy (non-hydrogen) atoms. The SMILES string of the molecule is Cn1nc2c(c1C(N)CCO)CCCC2. The Morgan fingerprint density at radius 2 is 2.20 bits per heavy atom. The fourth-order valence-electron chi connectivity index (χ4n) is 2.45. The van der Waals surface area contributed by atoms with E-state index in [0.717, 1.165) is 18.5 Å². The zero-order valence-corrected chi connectivity index (χ0v) is 9.24. The lowest BCUT2D eigenvalue weighted by atomic mass is 9.93. The van der Waals surface area contributed by atoms with Gasteiger partial charge in [-0.15, -0.1) is 0 Å². The first-order chi connectivity index (χ1) is 7.24. The zero-order chi connectivity index (χ0) is 10.8. The maximum Gasteiger partial charge on any atom is 0.0659 e. The topological polar surface area (TPSA) is 64.1 Å². The minimum absolute atomic E-state index is 0.0747. The Hall–Kier alpha value is -0.870. The van der Waals surface area contributed by atoms with E-state index in [0.29, 0.717) is 6.42 Å². The molecule has 0 bridgehead atoms. The monoisotopic (exact) mass is 209 g/mol. The number of hydrogen-bond donors (Lipinski definition) is 2. The highest BCUT2D eigenvalue weighted by Gasteiger charge is 2.22. The summed E-state index contributed by atoms with van der Waals surface area (Å²) in [6.45, 7) is 0.140. The van der Waals surface area contributed by atoms with Crippen molar-refractivity contribution in [3.63, 3.8) is 0 Å². The average molecular weight is 209 g/mol. The van der Waals surface area contributed by atoms with Crippen LogP contribution in [-0.2, 0) is 19.9 Å². The fourth-order valence-corrected chi connectivity index (χ4v) is 2.45. The van der Waals surface area contributed by atoms with E-state index in [2.05, 4.69) is 5.10 Å². The van der Waals surface area contributed by atoms with Crippen molar-refractivity contribution in [3.05, 3.63) is 17.0 Å². The molecule has 1 unspecified atom stereocenters. The number of aliphatic hydroxyl groups excluding tert-OH is 1. The molecule has 1 aliphatic carbocycles. The first-order valence-electron chi connectivity index (χ1n) is 5.65. The third kappa shape index (κ3) is 1.92. The Morgan fingerprint density at radius 1 is 1.47 bits per heavy atom. The molecule has 1 heterocycles. The van der Waals surface area contributed by atoms with Gasteiger partial charge in [0.1, 0.15) is 0 Å². The third-order valence-electron chi connectivity index (χ3n) is 3.16. The van der Waals surface area contributed by atoms with Gasteiger partial charge in [-0.1, -0.05) is 0 Å². The smallest absolute Gasteiger partial charge is 0.0659 e. The Labute approximate surface area is 90.1 Å². The number of aryl methyl sites for hydroxylation is 2. The van der Waals surface area contributed by atoms with E-state index >= 15 is 0 Å². The summed E-state index contributed by atoms with van der Waals surface area (Å²) >= 11 is 0. The Kier molecular flexibility index (Phi) is 3.07. The van der Waals surface area contributed by atoms with E-state index in [9.17, 15) is 0 Å². The first-order valence-corrected chi connectivity index (χ1v) is 5.65. The van der Waals surface area contributed by atoms with Crippen LogP contribution in [0.5, 0.6) is 0 Å². The number of nitrogens with zero attached hydrogens (tertiary/aromatic N) is 2. The van der Waals surface area contributed by atoms with E-state index in [1.54, 1.807) is 0 Å². The summed E-state index contributed by atoms with van der Waals surface area (Å²) in [5.74, 6) is 0. The molecule has 4 nitrogen and oxygen atoms in total. The molecule has 1 atom stereocenters. The number of aliphatic hydroxyl groups is 1. The zero-order valence-electron chi connectivity index (χ0n) is 9.24. The second-order valence-electron chi connectivity index (χ2n) is 4.26. The van der Waals surface area contributed by atoms with Gasteiger partial charge < -0.3 is 10.8 Å². The van der Waals surface area contributed by atoms with Gasteiger partial charge in [-0.2, -0.15) is 5.10 Å². The van der Waals surface area contributed by atoms with Crippen LogP contribution in [0.3, 0.4) is 0 Å². The van der Waals surface area contributed by atoms with E-state index < -0.39 is 0 Å². The molecular weight excluding hydrogens is 190 g/mol. The molecule has 2 rings (SSSR count). The van der Waals surface area contributed by atoms with Gasteiger partial charge in [-0.25, -0.2) is 0 Å². The molecule has 0 amide bonds. The standard InChI is InChI=1S/C11H19N3O/c1-14-11(9(12)6-7-15)8-4-2-3-5-10(8)13-14/h9,15H,2-7,12H2,1H3. The molecule has 0 spiro atoms. The third-order valence-corrected chi connectivity index (χ3v) is 3.16. The predicted molar refractivity (Wildman–Crippen MR) is 58.5 cm³/mol. The predicted octanol–water partition coefficient (Wildman–Crippen LogP) is 0.681. The average Bonchev–Trinajstić information content (AvgIpc) is 2.54. The quantitative estimate of drug-likeness (QED) is 0.769. The number of nitrogens with two attached hydrogens (primary N) is 1. The van der Waals surface area contributed by atoms with Crippen LogP contribution in [0.1, 0.15) is 42.3 Å². The van der Waals surface area contributed by atoms with Crippen molar-refractivity contribution in [2.24, 2.45) is 12.8 Å². The van der Waals surface area contributed by atoms with E-state index in [1.165, 1.54) is 24.1 Å². The van der Waals surface area contributed by atoms with Crippen LogP contribution < -0.4 is 5.73 Å². The van der Waals surface area contributed by atoms with Crippen molar-refractivity contribution in [3.8, 4) is 0 Å². The van der Waals surface area contributed by atoms with Gasteiger partial charge in [0.25, 0.3) is 0 Å². The van der Waals surface area contributed by atoms with Crippen molar-refractivity contribution in [1.82, 2.24) is 9.78 Å². The maximum atomic E-state index is 8.92. The minimum atomic E-state index is -0.0747. The second-order valence-corrected chi connectivity index (χ2v) is 4.26. The molecule has 0 saturated heterocycles. The second kappa shape index (κ2) is 4.33.